The maximum Gasteiger partial charge on any atom is 0.191 e. The van der Waals surface area contributed by atoms with E-state index in [1.165, 1.54) is 0 Å². The summed E-state index contributed by atoms with van der Waals surface area (Å²) in [6.45, 7) is 11.8. The van der Waals surface area contributed by atoms with Crippen LogP contribution in [0.5, 0.6) is 0 Å². The number of aliphatic hydroxyl groups excluding tert-OH is 2. The minimum Gasteiger partial charge on any atom is -0.417 e. The third kappa shape index (κ3) is 6.48. The van der Waals surface area contributed by atoms with Gasteiger partial charge >= 0.3 is 0 Å². The zero-order valence-electron chi connectivity index (χ0n) is 15.0. The van der Waals surface area contributed by atoms with Gasteiger partial charge in [0.05, 0.1) is 0 Å². The Kier molecular flexibility index (Phi) is 7.49. The van der Waals surface area contributed by atoms with Gasteiger partial charge in [0.2, 0.25) is 0 Å². The average molecular weight is 335 g/mol. The Balaban J connectivity index is 2.36. The number of hydrogen-bond acceptors (Lipinski definition) is 3. The summed E-state index contributed by atoms with van der Waals surface area (Å²) in [5.41, 5.74) is 0.676. The van der Waals surface area contributed by atoms with Crippen molar-refractivity contribution in [1.29, 1.82) is 0 Å². The Morgan fingerprint density at radius 3 is 2.30 bits per heavy atom. The summed E-state index contributed by atoms with van der Waals surface area (Å²) < 4.78 is 6.08. The first-order chi connectivity index (χ1) is 10.6. The van der Waals surface area contributed by atoms with E-state index >= 15 is 0 Å². The number of unbranched alkanes of at least 4 members (excludes halogenated alkanes) is 1. The SMILES string of the molecule is CC(C)(C)[Si](C)(C)OCCCC#C[C@H](O)[C@@H](O)c1ccccc1. The number of aliphatic hydroxyl groups is 2. The van der Waals surface area contributed by atoms with E-state index in [2.05, 4.69) is 45.7 Å². The summed E-state index contributed by atoms with van der Waals surface area (Å²) >= 11 is 0. The van der Waals surface area contributed by atoms with Gasteiger partial charge in [0.25, 0.3) is 0 Å². The Bertz CT molecular complexity index is 523. The van der Waals surface area contributed by atoms with Crippen LogP contribution in [-0.2, 0) is 4.43 Å². The van der Waals surface area contributed by atoms with Gasteiger partial charge in [-0.1, -0.05) is 57.0 Å². The standard InChI is InChI=1S/C19H30O3Si/c1-19(2,3)23(4,5)22-15-11-7-10-14-17(20)18(21)16-12-8-6-9-13-16/h6,8-9,12-13,17-18,20-21H,7,11,15H2,1-5H3/t17-,18-/m0/s1. The van der Waals surface area contributed by atoms with Gasteiger partial charge in [-0.25, -0.2) is 0 Å². The summed E-state index contributed by atoms with van der Waals surface area (Å²) in [5, 5.41) is 20.1. The Morgan fingerprint density at radius 1 is 1.13 bits per heavy atom. The topological polar surface area (TPSA) is 49.7 Å². The van der Waals surface area contributed by atoms with Crippen LogP contribution in [0, 0.1) is 11.8 Å². The van der Waals surface area contributed by atoms with Crippen molar-refractivity contribution < 1.29 is 14.6 Å². The van der Waals surface area contributed by atoms with Crippen molar-refractivity contribution in [3.8, 4) is 11.8 Å². The van der Waals surface area contributed by atoms with Crippen molar-refractivity contribution in [2.24, 2.45) is 0 Å². The molecule has 0 spiro atoms. The van der Waals surface area contributed by atoms with Crippen LogP contribution in [0.1, 0.15) is 45.3 Å². The minimum absolute atomic E-state index is 0.217. The Labute approximate surface area is 141 Å². The van der Waals surface area contributed by atoms with Crippen LogP contribution < -0.4 is 0 Å². The van der Waals surface area contributed by atoms with Crippen molar-refractivity contribution in [2.45, 2.75) is 64.0 Å². The lowest BCUT2D eigenvalue weighted by Crippen LogP contribution is -2.40. The number of hydrogen-bond donors (Lipinski definition) is 2. The van der Waals surface area contributed by atoms with Crippen molar-refractivity contribution in [1.82, 2.24) is 0 Å². The van der Waals surface area contributed by atoms with Crippen LogP contribution in [0.4, 0.5) is 0 Å². The Hall–Kier alpha value is -1.12. The van der Waals surface area contributed by atoms with Crippen molar-refractivity contribution in [3.63, 3.8) is 0 Å². The summed E-state index contributed by atoms with van der Waals surface area (Å²) in [6.07, 6.45) is -0.521. The van der Waals surface area contributed by atoms with Crippen LogP contribution in [0.3, 0.4) is 0 Å². The molecule has 1 aromatic rings. The van der Waals surface area contributed by atoms with Gasteiger partial charge in [-0.3, -0.25) is 0 Å². The molecule has 1 rings (SSSR count). The van der Waals surface area contributed by atoms with Crippen LogP contribution >= 0.6 is 0 Å². The molecule has 1 aromatic carbocycles. The van der Waals surface area contributed by atoms with Crippen LogP contribution in [0.25, 0.3) is 0 Å². The van der Waals surface area contributed by atoms with Gasteiger partial charge in [-0.15, -0.1) is 5.92 Å². The molecule has 0 unspecified atom stereocenters. The minimum atomic E-state index is -1.69. The van der Waals surface area contributed by atoms with E-state index in [1.807, 2.05) is 18.2 Å². The molecule has 0 radical (unpaired) electrons. The van der Waals surface area contributed by atoms with E-state index in [0.29, 0.717) is 18.6 Å². The van der Waals surface area contributed by atoms with Gasteiger partial charge in [0.15, 0.2) is 8.32 Å². The highest BCUT2D eigenvalue weighted by Gasteiger charge is 2.36. The normalized spacial score (nSPS) is 14.7. The zero-order chi connectivity index (χ0) is 17.5. The van der Waals surface area contributed by atoms with Crippen LogP contribution in [-0.4, -0.2) is 31.2 Å². The van der Waals surface area contributed by atoms with Gasteiger partial charge < -0.3 is 14.6 Å². The molecule has 0 saturated carbocycles. The fourth-order valence-corrected chi connectivity index (χ4v) is 2.88. The van der Waals surface area contributed by atoms with Crippen LogP contribution in [0.2, 0.25) is 18.1 Å². The van der Waals surface area contributed by atoms with Crippen molar-refractivity contribution >= 4 is 8.32 Å². The predicted octanol–water partition coefficient (Wildman–Crippen LogP) is 3.89. The third-order valence-electron chi connectivity index (χ3n) is 4.41. The van der Waals surface area contributed by atoms with Gasteiger partial charge in [0, 0.05) is 13.0 Å². The molecule has 23 heavy (non-hydrogen) atoms. The molecule has 4 heteroatoms. The first-order valence-electron chi connectivity index (χ1n) is 8.18. The van der Waals surface area contributed by atoms with Gasteiger partial charge in [0.1, 0.15) is 12.2 Å². The smallest absolute Gasteiger partial charge is 0.191 e. The molecular formula is C19H30O3Si. The monoisotopic (exact) mass is 334 g/mol. The molecule has 2 N–H and O–H groups in total. The van der Waals surface area contributed by atoms with E-state index in [1.54, 1.807) is 12.1 Å². The fraction of sp³-hybridized carbons (Fsp3) is 0.579. The first-order valence-corrected chi connectivity index (χ1v) is 11.1. The average Bonchev–Trinajstić information content (AvgIpc) is 2.49. The van der Waals surface area contributed by atoms with E-state index < -0.39 is 20.5 Å². The van der Waals surface area contributed by atoms with E-state index in [9.17, 15) is 10.2 Å². The molecule has 0 aliphatic rings. The lowest BCUT2D eigenvalue weighted by Gasteiger charge is -2.36. The lowest BCUT2D eigenvalue weighted by molar-refractivity contribution is 0.0539. The highest BCUT2D eigenvalue weighted by atomic mass is 28.4. The molecule has 0 amide bonds. The number of rotatable bonds is 6. The molecule has 0 aliphatic heterocycles. The molecule has 0 fully saturated rings. The summed E-state index contributed by atoms with van der Waals surface area (Å²) in [7, 11) is -1.69. The van der Waals surface area contributed by atoms with Gasteiger partial charge in [-0.05, 0) is 30.1 Å². The van der Waals surface area contributed by atoms with E-state index in [0.717, 1.165) is 6.42 Å². The van der Waals surface area contributed by atoms with E-state index in [4.69, 9.17) is 4.43 Å². The highest BCUT2D eigenvalue weighted by Crippen LogP contribution is 2.36. The summed E-state index contributed by atoms with van der Waals surface area (Å²) in [4.78, 5) is 0. The molecule has 2 atom stereocenters. The molecule has 0 aromatic heterocycles. The van der Waals surface area contributed by atoms with Crippen LogP contribution in [0.15, 0.2) is 30.3 Å². The number of benzene rings is 1. The van der Waals surface area contributed by atoms with Crippen molar-refractivity contribution in [2.75, 3.05) is 6.61 Å². The lowest BCUT2D eigenvalue weighted by atomic mass is 10.0. The molecule has 0 bridgehead atoms. The van der Waals surface area contributed by atoms with Crippen molar-refractivity contribution in [3.05, 3.63) is 35.9 Å². The molecule has 3 nitrogen and oxygen atoms in total. The zero-order valence-corrected chi connectivity index (χ0v) is 16.0. The van der Waals surface area contributed by atoms with E-state index in [-0.39, 0.29) is 5.04 Å². The molecule has 0 aliphatic carbocycles. The Morgan fingerprint density at radius 2 is 1.74 bits per heavy atom. The third-order valence-corrected chi connectivity index (χ3v) is 8.94. The highest BCUT2D eigenvalue weighted by molar-refractivity contribution is 6.74. The summed E-state index contributed by atoms with van der Waals surface area (Å²) in [5.74, 6) is 5.66. The predicted molar refractivity (Wildman–Crippen MR) is 97.6 cm³/mol. The quantitative estimate of drug-likeness (QED) is 0.471. The maximum absolute atomic E-state index is 10.0. The second-order valence-corrected chi connectivity index (χ2v) is 12.1. The fourth-order valence-electron chi connectivity index (χ4n) is 1.79. The van der Waals surface area contributed by atoms with Gasteiger partial charge in [-0.2, -0.15) is 0 Å². The molecule has 0 saturated heterocycles. The second-order valence-electron chi connectivity index (χ2n) is 7.33. The molecule has 128 valence electrons. The largest absolute Gasteiger partial charge is 0.417 e. The molecular weight excluding hydrogens is 304 g/mol. The molecule has 0 heterocycles. The summed E-state index contributed by atoms with van der Waals surface area (Å²) in [6, 6.07) is 9.09. The first kappa shape index (κ1) is 19.9. The maximum atomic E-state index is 10.0. The second kappa shape index (κ2) is 8.65.